The van der Waals surface area contributed by atoms with Crippen LogP contribution in [0.15, 0.2) is 24.3 Å². The van der Waals surface area contributed by atoms with Crippen molar-refractivity contribution in [3.05, 3.63) is 30.0 Å². The lowest BCUT2D eigenvalue weighted by Crippen LogP contribution is -2.10. The summed E-state index contributed by atoms with van der Waals surface area (Å²) in [7, 11) is 0. The van der Waals surface area contributed by atoms with E-state index < -0.39 is 0 Å². The van der Waals surface area contributed by atoms with Gasteiger partial charge < -0.3 is 11.1 Å². The zero-order valence-corrected chi connectivity index (χ0v) is 10.6. The average Bonchev–Trinajstić information content (AvgIpc) is 2.27. The molecule has 0 aliphatic heterocycles. The minimum atomic E-state index is 0.591. The van der Waals surface area contributed by atoms with Crippen LogP contribution in [0.1, 0.15) is 19.5 Å². The minimum Gasteiger partial charge on any atom is -0.398 e. The highest BCUT2D eigenvalue weighted by Gasteiger charge is 2.06. The first-order valence-corrected chi connectivity index (χ1v) is 5.97. The maximum Gasteiger partial charge on any atom is 0.134 e. The van der Waals surface area contributed by atoms with Crippen molar-refractivity contribution in [2.75, 3.05) is 17.6 Å². The van der Waals surface area contributed by atoms with Crippen LogP contribution in [-0.2, 0) is 0 Å². The predicted octanol–water partition coefficient (Wildman–Crippen LogP) is 3.19. The quantitative estimate of drug-likeness (QED) is 0.795. The second-order valence-corrected chi connectivity index (χ2v) is 4.83. The molecule has 3 nitrogen and oxygen atoms in total. The van der Waals surface area contributed by atoms with Gasteiger partial charge in [-0.15, -0.1) is 0 Å². The third-order valence-corrected chi connectivity index (χ3v) is 2.71. The topological polar surface area (TPSA) is 50.9 Å². The summed E-state index contributed by atoms with van der Waals surface area (Å²) < 4.78 is 0. The van der Waals surface area contributed by atoms with Crippen LogP contribution in [-0.4, -0.2) is 11.5 Å². The zero-order valence-electron chi connectivity index (χ0n) is 10.6. The molecule has 90 valence electrons. The molecule has 0 spiro atoms. The Morgan fingerprint density at radius 3 is 2.76 bits per heavy atom. The molecule has 0 radical (unpaired) electrons. The molecule has 0 aliphatic rings. The number of pyridine rings is 1. The van der Waals surface area contributed by atoms with Gasteiger partial charge in [0.1, 0.15) is 5.82 Å². The van der Waals surface area contributed by atoms with Crippen molar-refractivity contribution < 1.29 is 0 Å². The lowest BCUT2D eigenvalue weighted by atomic mass is 10.1. The number of anilines is 2. The van der Waals surface area contributed by atoms with Gasteiger partial charge in [0.2, 0.25) is 0 Å². The van der Waals surface area contributed by atoms with Crippen molar-refractivity contribution in [1.29, 1.82) is 0 Å². The lowest BCUT2D eigenvalue weighted by Gasteiger charge is -2.12. The molecule has 0 saturated carbocycles. The van der Waals surface area contributed by atoms with Crippen LogP contribution in [0.3, 0.4) is 0 Å². The number of fused-ring (bicyclic) bond motifs is 1. The van der Waals surface area contributed by atoms with Gasteiger partial charge in [-0.2, -0.15) is 0 Å². The third kappa shape index (κ3) is 2.49. The van der Waals surface area contributed by atoms with Crippen molar-refractivity contribution >= 4 is 22.3 Å². The summed E-state index contributed by atoms with van der Waals surface area (Å²) in [4.78, 5) is 4.55. The summed E-state index contributed by atoms with van der Waals surface area (Å²) in [6.45, 7) is 7.27. The van der Waals surface area contributed by atoms with E-state index in [0.29, 0.717) is 5.92 Å². The molecule has 1 aromatic carbocycles. The highest BCUT2D eigenvalue weighted by atomic mass is 15.0. The van der Waals surface area contributed by atoms with E-state index in [-0.39, 0.29) is 0 Å². The molecule has 3 heteroatoms. The number of benzene rings is 1. The Kier molecular flexibility index (Phi) is 3.18. The number of aromatic nitrogens is 1. The second-order valence-electron chi connectivity index (χ2n) is 4.83. The van der Waals surface area contributed by atoms with Gasteiger partial charge in [0.25, 0.3) is 0 Å². The smallest absolute Gasteiger partial charge is 0.134 e. The average molecular weight is 229 g/mol. The van der Waals surface area contributed by atoms with Gasteiger partial charge in [-0.1, -0.05) is 26.0 Å². The molecule has 1 aromatic heterocycles. The summed E-state index contributed by atoms with van der Waals surface area (Å²) in [5, 5.41) is 5.56. The van der Waals surface area contributed by atoms with E-state index in [9.17, 15) is 0 Å². The van der Waals surface area contributed by atoms with Crippen molar-refractivity contribution in [2.24, 2.45) is 5.92 Å². The molecular weight excluding hydrogens is 210 g/mol. The van der Waals surface area contributed by atoms with Crippen LogP contribution in [0, 0.1) is 12.8 Å². The molecule has 0 fully saturated rings. The van der Waals surface area contributed by atoms with Crippen molar-refractivity contribution in [3.8, 4) is 0 Å². The van der Waals surface area contributed by atoms with Crippen LogP contribution in [0.25, 0.3) is 10.8 Å². The van der Waals surface area contributed by atoms with E-state index in [4.69, 9.17) is 5.73 Å². The van der Waals surface area contributed by atoms with Crippen LogP contribution in [0.2, 0.25) is 0 Å². The van der Waals surface area contributed by atoms with E-state index in [2.05, 4.69) is 30.2 Å². The van der Waals surface area contributed by atoms with Crippen molar-refractivity contribution in [3.63, 3.8) is 0 Å². The Bertz CT molecular complexity index is 532. The largest absolute Gasteiger partial charge is 0.398 e. The molecule has 0 atom stereocenters. The number of aryl methyl sites for hydroxylation is 1. The van der Waals surface area contributed by atoms with Crippen LogP contribution >= 0.6 is 0 Å². The van der Waals surface area contributed by atoms with E-state index in [0.717, 1.165) is 34.5 Å². The standard InChI is InChI=1S/C14H19N3/c1-9(2)8-16-14-11-5-4-6-13(15)12(11)7-10(3)17-14/h4-7,9H,8,15H2,1-3H3,(H,16,17). The van der Waals surface area contributed by atoms with E-state index in [1.807, 2.05) is 25.1 Å². The fraction of sp³-hybridized carbons (Fsp3) is 0.357. The minimum absolute atomic E-state index is 0.591. The molecule has 1 heterocycles. The Morgan fingerprint density at radius 1 is 1.29 bits per heavy atom. The molecule has 0 amide bonds. The number of rotatable bonds is 3. The highest BCUT2D eigenvalue weighted by Crippen LogP contribution is 2.27. The zero-order chi connectivity index (χ0) is 12.4. The Balaban J connectivity index is 2.50. The Morgan fingerprint density at radius 2 is 2.06 bits per heavy atom. The first-order chi connectivity index (χ1) is 8.08. The lowest BCUT2D eigenvalue weighted by molar-refractivity contribution is 0.687. The molecular formula is C14H19N3. The molecule has 0 saturated heterocycles. The molecule has 0 unspecified atom stereocenters. The van der Waals surface area contributed by atoms with Gasteiger partial charge in [-0.05, 0) is 25.0 Å². The van der Waals surface area contributed by atoms with E-state index in [1.54, 1.807) is 0 Å². The summed E-state index contributed by atoms with van der Waals surface area (Å²) in [6, 6.07) is 7.98. The fourth-order valence-electron chi connectivity index (χ4n) is 1.86. The monoisotopic (exact) mass is 229 g/mol. The molecule has 3 N–H and O–H groups in total. The van der Waals surface area contributed by atoms with Gasteiger partial charge in [0, 0.05) is 28.7 Å². The highest BCUT2D eigenvalue weighted by molar-refractivity contribution is 5.99. The van der Waals surface area contributed by atoms with Gasteiger partial charge >= 0.3 is 0 Å². The SMILES string of the molecule is Cc1cc2c(N)cccc2c(NCC(C)C)n1. The van der Waals surface area contributed by atoms with E-state index in [1.165, 1.54) is 0 Å². The third-order valence-electron chi connectivity index (χ3n) is 2.71. The number of nitrogens with zero attached hydrogens (tertiary/aromatic N) is 1. The normalized spacial score (nSPS) is 11.1. The fourth-order valence-corrected chi connectivity index (χ4v) is 1.86. The van der Waals surface area contributed by atoms with Crippen LogP contribution < -0.4 is 11.1 Å². The first-order valence-electron chi connectivity index (χ1n) is 5.97. The number of nitrogens with one attached hydrogen (secondary N) is 1. The summed E-state index contributed by atoms with van der Waals surface area (Å²) in [5.41, 5.74) is 7.79. The Hall–Kier alpha value is -1.77. The first kappa shape index (κ1) is 11.7. The number of nitrogens with two attached hydrogens (primary N) is 1. The molecule has 0 aliphatic carbocycles. The molecule has 0 bridgehead atoms. The summed E-state index contributed by atoms with van der Waals surface area (Å²) in [6.07, 6.45) is 0. The molecule has 2 aromatic rings. The van der Waals surface area contributed by atoms with Gasteiger partial charge in [0.15, 0.2) is 0 Å². The number of hydrogen-bond donors (Lipinski definition) is 2. The van der Waals surface area contributed by atoms with Gasteiger partial charge in [0.05, 0.1) is 0 Å². The Labute approximate surface area is 102 Å². The molecule has 17 heavy (non-hydrogen) atoms. The second kappa shape index (κ2) is 4.62. The number of nitrogen functional groups attached to an aromatic ring is 1. The number of hydrogen-bond acceptors (Lipinski definition) is 3. The summed E-state index contributed by atoms with van der Waals surface area (Å²) in [5.74, 6) is 1.52. The van der Waals surface area contributed by atoms with Gasteiger partial charge in [-0.25, -0.2) is 4.98 Å². The predicted molar refractivity (Wildman–Crippen MR) is 74.2 cm³/mol. The maximum absolute atomic E-state index is 5.99. The van der Waals surface area contributed by atoms with Crippen LogP contribution in [0.5, 0.6) is 0 Å². The maximum atomic E-state index is 5.99. The van der Waals surface area contributed by atoms with Crippen LogP contribution in [0.4, 0.5) is 11.5 Å². The van der Waals surface area contributed by atoms with Crippen molar-refractivity contribution in [1.82, 2.24) is 4.98 Å². The summed E-state index contributed by atoms with van der Waals surface area (Å²) >= 11 is 0. The van der Waals surface area contributed by atoms with Gasteiger partial charge in [-0.3, -0.25) is 0 Å². The molecule has 2 rings (SSSR count). The van der Waals surface area contributed by atoms with Crippen molar-refractivity contribution in [2.45, 2.75) is 20.8 Å². The van der Waals surface area contributed by atoms with E-state index >= 15 is 0 Å².